The minimum absolute atomic E-state index is 0.243. The fraction of sp³-hybridized carbons (Fsp3) is 0.231. The van der Waals surface area contributed by atoms with Gasteiger partial charge in [-0.2, -0.15) is 0 Å². The standard InChI is InChI=1S/C11H12N2OS.C2H6/c1-8(2)4-5-9(3)13-11(14)10-6-15-7-12-10;1-2/h4-7H,1,3H2,2H3,(H,13,14);1-2H3/b5-4-;. The number of amides is 1. The monoisotopic (exact) mass is 250 g/mol. The largest absolute Gasteiger partial charge is 0.321 e. The Kier molecular flexibility index (Phi) is 7.63. The zero-order valence-electron chi connectivity index (χ0n) is 10.5. The van der Waals surface area contributed by atoms with Crippen LogP contribution in [0.3, 0.4) is 0 Å². The van der Waals surface area contributed by atoms with E-state index in [1.807, 2.05) is 20.8 Å². The molecule has 4 heteroatoms. The second-order valence-corrected chi connectivity index (χ2v) is 3.75. The van der Waals surface area contributed by atoms with Gasteiger partial charge in [0.1, 0.15) is 5.69 Å². The quantitative estimate of drug-likeness (QED) is 0.830. The van der Waals surface area contributed by atoms with Crippen LogP contribution < -0.4 is 5.32 Å². The smallest absolute Gasteiger partial charge is 0.275 e. The van der Waals surface area contributed by atoms with Gasteiger partial charge in [-0.3, -0.25) is 4.79 Å². The topological polar surface area (TPSA) is 42.0 Å². The number of hydrogen-bond donors (Lipinski definition) is 1. The van der Waals surface area contributed by atoms with Gasteiger partial charge in [0.25, 0.3) is 5.91 Å². The molecule has 0 bridgehead atoms. The molecule has 0 unspecified atom stereocenters. The van der Waals surface area contributed by atoms with Crippen molar-refractivity contribution in [2.45, 2.75) is 20.8 Å². The Morgan fingerprint density at radius 3 is 2.53 bits per heavy atom. The molecule has 0 aliphatic carbocycles. The molecule has 92 valence electrons. The third kappa shape index (κ3) is 6.48. The highest BCUT2D eigenvalue weighted by Crippen LogP contribution is 2.02. The van der Waals surface area contributed by atoms with Gasteiger partial charge in [-0.05, 0) is 13.0 Å². The Bertz CT molecular complexity index is 405. The summed E-state index contributed by atoms with van der Waals surface area (Å²) in [5.74, 6) is -0.243. The number of carbonyl (C=O) groups excluding carboxylic acids is 1. The van der Waals surface area contributed by atoms with Crippen LogP contribution in [0, 0.1) is 0 Å². The molecule has 0 aliphatic heterocycles. The minimum atomic E-state index is -0.243. The fourth-order valence-electron chi connectivity index (χ4n) is 0.819. The van der Waals surface area contributed by atoms with E-state index < -0.39 is 0 Å². The van der Waals surface area contributed by atoms with Crippen molar-refractivity contribution >= 4 is 17.2 Å². The van der Waals surface area contributed by atoms with Crippen molar-refractivity contribution in [3.63, 3.8) is 0 Å². The number of thiazole rings is 1. The molecule has 0 fully saturated rings. The average Bonchev–Trinajstić information content (AvgIpc) is 2.82. The van der Waals surface area contributed by atoms with Crippen molar-refractivity contribution < 1.29 is 4.79 Å². The van der Waals surface area contributed by atoms with E-state index >= 15 is 0 Å². The zero-order valence-corrected chi connectivity index (χ0v) is 11.3. The first-order chi connectivity index (χ1) is 8.09. The number of nitrogens with zero attached hydrogens (tertiary/aromatic N) is 1. The highest BCUT2D eigenvalue weighted by Gasteiger charge is 2.06. The molecule has 0 atom stereocenters. The third-order valence-corrected chi connectivity index (χ3v) is 2.09. The molecule has 1 heterocycles. The molecule has 1 aromatic rings. The van der Waals surface area contributed by atoms with Crippen molar-refractivity contribution in [3.8, 4) is 0 Å². The first-order valence-electron chi connectivity index (χ1n) is 5.31. The van der Waals surface area contributed by atoms with Crippen LogP contribution in [0.25, 0.3) is 0 Å². The lowest BCUT2D eigenvalue weighted by molar-refractivity contribution is 0.0963. The van der Waals surface area contributed by atoms with Gasteiger partial charge < -0.3 is 5.32 Å². The molecule has 1 rings (SSSR count). The van der Waals surface area contributed by atoms with Crippen LogP contribution in [0.1, 0.15) is 31.3 Å². The summed E-state index contributed by atoms with van der Waals surface area (Å²) in [7, 11) is 0. The summed E-state index contributed by atoms with van der Waals surface area (Å²) >= 11 is 1.38. The Morgan fingerprint density at radius 2 is 2.06 bits per heavy atom. The van der Waals surface area contributed by atoms with Crippen LogP contribution >= 0.6 is 11.3 Å². The summed E-state index contributed by atoms with van der Waals surface area (Å²) in [6, 6.07) is 0. The SMILES string of the molecule is C=C(C)/C=C\C(=C)NC(=O)c1cscn1.CC. The van der Waals surface area contributed by atoms with E-state index in [4.69, 9.17) is 0 Å². The molecule has 17 heavy (non-hydrogen) atoms. The zero-order chi connectivity index (χ0) is 13.3. The second kappa shape index (κ2) is 8.47. The maximum atomic E-state index is 11.5. The van der Waals surface area contributed by atoms with Crippen LogP contribution in [0.4, 0.5) is 0 Å². The van der Waals surface area contributed by atoms with Gasteiger partial charge in [0.05, 0.1) is 5.51 Å². The van der Waals surface area contributed by atoms with Crippen molar-refractivity contribution in [2.24, 2.45) is 0 Å². The molecule has 0 saturated heterocycles. The lowest BCUT2D eigenvalue weighted by atomic mass is 10.3. The van der Waals surface area contributed by atoms with Gasteiger partial charge in [-0.1, -0.05) is 38.7 Å². The minimum Gasteiger partial charge on any atom is -0.321 e. The normalized spacial score (nSPS) is 9.35. The summed E-state index contributed by atoms with van der Waals surface area (Å²) in [5.41, 5.74) is 3.45. The Balaban J connectivity index is 0.00000121. The fourth-order valence-corrected chi connectivity index (χ4v) is 1.35. The number of carbonyl (C=O) groups is 1. The van der Waals surface area contributed by atoms with Crippen molar-refractivity contribution in [2.75, 3.05) is 0 Å². The molecular weight excluding hydrogens is 232 g/mol. The predicted octanol–water partition coefficient (Wildman–Crippen LogP) is 3.55. The van der Waals surface area contributed by atoms with Crippen LogP contribution in [0.2, 0.25) is 0 Å². The number of hydrogen-bond acceptors (Lipinski definition) is 3. The van der Waals surface area contributed by atoms with E-state index in [0.29, 0.717) is 11.4 Å². The summed E-state index contributed by atoms with van der Waals surface area (Å²) in [6.45, 7) is 13.3. The maximum absolute atomic E-state index is 11.5. The van der Waals surface area contributed by atoms with Crippen LogP contribution in [-0.4, -0.2) is 10.9 Å². The predicted molar refractivity (Wildman–Crippen MR) is 74.0 cm³/mol. The molecule has 0 aromatic carbocycles. The third-order valence-electron chi connectivity index (χ3n) is 1.51. The molecule has 0 spiro atoms. The molecule has 0 saturated carbocycles. The van der Waals surface area contributed by atoms with E-state index in [2.05, 4.69) is 23.5 Å². The molecular formula is C13H18N2OS. The lowest BCUT2D eigenvalue weighted by Crippen LogP contribution is -2.21. The Labute approximate surface area is 107 Å². The van der Waals surface area contributed by atoms with Crippen LogP contribution in [0.5, 0.6) is 0 Å². The maximum Gasteiger partial charge on any atom is 0.275 e. The first-order valence-corrected chi connectivity index (χ1v) is 6.26. The molecule has 1 N–H and O–H groups in total. The van der Waals surface area contributed by atoms with Gasteiger partial charge in [0, 0.05) is 11.1 Å². The second-order valence-electron chi connectivity index (χ2n) is 3.03. The van der Waals surface area contributed by atoms with Crippen LogP contribution in [0.15, 0.2) is 47.5 Å². The van der Waals surface area contributed by atoms with Crippen molar-refractivity contribution in [3.05, 3.63) is 53.2 Å². The van der Waals surface area contributed by atoms with Gasteiger partial charge >= 0.3 is 0 Å². The van der Waals surface area contributed by atoms with Crippen LogP contribution in [-0.2, 0) is 0 Å². The van der Waals surface area contributed by atoms with Crippen molar-refractivity contribution in [1.29, 1.82) is 0 Å². The van der Waals surface area contributed by atoms with Crippen molar-refractivity contribution in [1.82, 2.24) is 10.3 Å². The summed E-state index contributed by atoms with van der Waals surface area (Å²) < 4.78 is 0. The van der Waals surface area contributed by atoms with Gasteiger partial charge in [0.15, 0.2) is 0 Å². The highest BCUT2D eigenvalue weighted by atomic mass is 32.1. The average molecular weight is 250 g/mol. The number of nitrogens with one attached hydrogen (secondary N) is 1. The lowest BCUT2D eigenvalue weighted by Gasteiger charge is -2.01. The number of aromatic nitrogens is 1. The van der Waals surface area contributed by atoms with E-state index in [-0.39, 0.29) is 5.91 Å². The molecule has 3 nitrogen and oxygen atoms in total. The highest BCUT2D eigenvalue weighted by molar-refractivity contribution is 7.07. The summed E-state index contributed by atoms with van der Waals surface area (Å²) in [5, 5.41) is 4.31. The molecule has 0 aliphatic rings. The first kappa shape index (κ1) is 15.3. The van der Waals surface area contributed by atoms with E-state index in [0.717, 1.165) is 5.57 Å². The van der Waals surface area contributed by atoms with Gasteiger partial charge in [0.2, 0.25) is 0 Å². The number of allylic oxidation sites excluding steroid dienone is 3. The van der Waals surface area contributed by atoms with Gasteiger partial charge in [-0.15, -0.1) is 11.3 Å². The summed E-state index contributed by atoms with van der Waals surface area (Å²) in [4.78, 5) is 15.4. The van der Waals surface area contributed by atoms with E-state index in [9.17, 15) is 4.79 Å². The molecule has 1 amide bonds. The van der Waals surface area contributed by atoms with E-state index in [1.165, 1.54) is 11.3 Å². The molecule has 0 radical (unpaired) electrons. The Hall–Kier alpha value is -1.68. The Morgan fingerprint density at radius 1 is 1.41 bits per heavy atom. The number of rotatable bonds is 4. The molecule has 1 aromatic heterocycles. The van der Waals surface area contributed by atoms with Gasteiger partial charge in [-0.25, -0.2) is 4.98 Å². The summed E-state index contributed by atoms with van der Waals surface area (Å²) in [6.07, 6.45) is 3.48. The van der Waals surface area contributed by atoms with E-state index in [1.54, 1.807) is 23.0 Å².